The van der Waals surface area contributed by atoms with E-state index >= 15 is 0 Å². The largest absolute Gasteiger partial charge is 0.332 e. The minimum Gasteiger partial charge on any atom is -0.332 e. The maximum Gasteiger partial charge on any atom is 0.277 e. The fourth-order valence-electron chi connectivity index (χ4n) is 4.17. The molecule has 6 heteroatoms. The van der Waals surface area contributed by atoms with Crippen molar-refractivity contribution in [3.8, 4) is 0 Å². The molecule has 1 saturated carbocycles. The van der Waals surface area contributed by atoms with Crippen molar-refractivity contribution in [2.45, 2.75) is 32.2 Å². The number of nitrogens with zero attached hydrogens (tertiary/aromatic N) is 1. The highest BCUT2D eigenvalue weighted by Crippen LogP contribution is 2.42. The molecule has 2 amide bonds. The zero-order valence-corrected chi connectivity index (χ0v) is 17.3. The van der Waals surface area contributed by atoms with E-state index in [-0.39, 0.29) is 18.4 Å². The first-order valence-corrected chi connectivity index (χ1v) is 10.9. The highest BCUT2D eigenvalue weighted by Gasteiger charge is 2.44. The first-order valence-electron chi connectivity index (χ1n) is 10.0. The van der Waals surface area contributed by atoms with Crippen LogP contribution in [0.3, 0.4) is 0 Å². The van der Waals surface area contributed by atoms with Crippen LogP contribution in [0.2, 0.25) is 0 Å². The molecule has 2 aromatic rings. The Kier molecular flexibility index (Phi) is 5.51. The van der Waals surface area contributed by atoms with Crippen molar-refractivity contribution < 1.29 is 14.5 Å². The van der Waals surface area contributed by atoms with Gasteiger partial charge in [-0.3, -0.25) is 9.59 Å². The number of carbonyl (C=O) groups excluding carboxylic acids is 2. The second kappa shape index (κ2) is 8.05. The van der Waals surface area contributed by atoms with E-state index in [2.05, 4.69) is 16.8 Å². The molecule has 0 saturated heterocycles. The molecule has 0 radical (unpaired) electrons. The summed E-state index contributed by atoms with van der Waals surface area (Å²) in [6, 6.07) is 10.4. The van der Waals surface area contributed by atoms with Gasteiger partial charge < -0.3 is 15.1 Å². The lowest BCUT2D eigenvalue weighted by atomic mass is 9.96. The van der Waals surface area contributed by atoms with Gasteiger partial charge in [0.15, 0.2) is 6.54 Å². The smallest absolute Gasteiger partial charge is 0.277 e. The summed E-state index contributed by atoms with van der Waals surface area (Å²) in [5.74, 6) is 0.595. The van der Waals surface area contributed by atoms with Crippen LogP contribution in [0.5, 0.6) is 0 Å². The van der Waals surface area contributed by atoms with Gasteiger partial charge in [-0.2, -0.15) is 0 Å². The van der Waals surface area contributed by atoms with Crippen LogP contribution < -0.4 is 10.2 Å². The van der Waals surface area contributed by atoms with E-state index in [1.54, 1.807) is 11.9 Å². The Hall–Kier alpha value is -2.18. The van der Waals surface area contributed by atoms with E-state index in [9.17, 15) is 9.59 Å². The van der Waals surface area contributed by atoms with Gasteiger partial charge in [0.05, 0.1) is 13.1 Å². The number of fused-ring (bicyclic) bond motifs is 1. The van der Waals surface area contributed by atoms with Crippen molar-refractivity contribution in [3.63, 3.8) is 0 Å². The van der Waals surface area contributed by atoms with Crippen LogP contribution in [-0.4, -0.2) is 43.4 Å². The van der Waals surface area contributed by atoms with Crippen molar-refractivity contribution in [1.82, 2.24) is 4.90 Å². The number of benzene rings is 1. The molecule has 5 nitrogen and oxygen atoms in total. The van der Waals surface area contributed by atoms with Gasteiger partial charge >= 0.3 is 0 Å². The highest BCUT2D eigenvalue weighted by molar-refractivity contribution is 7.10. The van der Waals surface area contributed by atoms with Crippen molar-refractivity contribution in [2.24, 2.45) is 5.92 Å². The first-order chi connectivity index (χ1) is 13.5. The number of likely N-dealkylation sites (N-methyl/N-ethyl adjacent to an activating group) is 1. The summed E-state index contributed by atoms with van der Waals surface area (Å²) >= 11 is 1.85. The first kappa shape index (κ1) is 19.2. The average Bonchev–Trinajstić information content (AvgIpc) is 3.39. The molecule has 1 aromatic carbocycles. The third kappa shape index (κ3) is 4.28. The van der Waals surface area contributed by atoms with E-state index in [0.717, 1.165) is 24.2 Å². The topological polar surface area (TPSA) is 53.9 Å². The molecule has 1 aliphatic carbocycles. The minimum atomic E-state index is -0.160. The van der Waals surface area contributed by atoms with Crippen LogP contribution >= 0.6 is 11.3 Å². The van der Waals surface area contributed by atoms with Crippen LogP contribution in [0.1, 0.15) is 34.9 Å². The Morgan fingerprint density at radius 2 is 1.96 bits per heavy atom. The number of anilines is 1. The molecule has 4 rings (SSSR count). The Morgan fingerprint density at radius 1 is 1.21 bits per heavy atom. The normalized spacial score (nSPS) is 21.1. The standard InChI is InChI=1S/C22H27N3O2S/c1-15-3-7-17(8-4-15)23-20(26)13-24(2)21(27)14-25-11-9-19-18(10-12-28-19)22(25)16-5-6-16/h3-4,7-8,10,12,16,22H,5-6,9,11,13-14H2,1-2H3,(H,23,26)/p+1/t22-/m1/s1. The zero-order chi connectivity index (χ0) is 19.7. The molecule has 1 aromatic heterocycles. The van der Waals surface area contributed by atoms with E-state index in [1.807, 2.05) is 42.5 Å². The monoisotopic (exact) mass is 398 g/mol. The number of hydrogen-bond acceptors (Lipinski definition) is 3. The average molecular weight is 399 g/mol. The van der Waals surface area contributed by atoms with Crippen LogP contribution in [0, 0.1) is 12.8 Å². The fraction of sp³-hybridized carbons (Fsp3) is 0.455. The van der Waals surface area contributed by atoms with Crippen molar-refractivity contribution in [3.05, 3.63) is 51.7 Å². The lowest BCUT2D eigenvalue weighted by Crippen LogP contribution is -3.14. The summed E-state index contributed by atoms with van der Waals surface area (Å²) in [6.45, 7) is 3.56. The van der Waals surface area contributed by atoms with Gasteiger partial charge in [-0.15, -0.1) is 11.3 Å². The number of carbonyl (C=O) groups is 2. The molecule has 2 atom stereocenters. The fourth-order valence-corrected chi connectivity index (χ4v) is 5.10. The summed E-state index contributed by atoms with van der Waals surface area (Å²) in [4.78, 5) is 29.5. The van der Waals surface area contributed by atoms with E-state index in [0.29, 0.717) is 18.5 Å². The molecule has 0 spiro atoms. The summed E-state index contributed by atoms with van der Waals surface area (Å²) in [7, 11) is 1.72. The summed E-state index contributed by atoms with van der Waals surface area (Å²) < 4.78 is 0. The Bertz CT molecular complexity index is 857. The number of amides is 2. The summed E-state index contributed by atoms with van der Waals surface area (Å²) in [5, 5.41) is 5.05. The minimum absolute atomic E-state index is 0.0402. The van der Waals surface area contributed by atoms with E-state index in [1.165, 1.54) is 28.2 Å². The maximum atomic E-state index is 12.8. The van der Waals surface area contributed by atoms with E-state index < -0.39 is 0 Å². The van der Waals surface area contributed by atoms with Crippen LogP contribution in [-0.2, 0) is 16.0 Å². The predicted molar refractivity (Wildman–Crippen MR) is 112 cm³/mol. The lowest BCUT2D eigenvalue weighted by Gasteiger charge is -2.33. The van der Waals surface area contributed by atoms with Gasteiger partial charge in [-0.05, 0) is 43.3 Å². The highest BCUT2D eigenvalue weighted by atomic mass is 32.1. The van der Waals surface area contributed by atoms with E-state index in [4.69, 9.17) is 0 Å². The Morgan fingerprint density at radius 3 is 2.68 bits per heavy atom. The second-order valence-electron chi connectivity index (χ2n) is 8.11. The van der Waals surface area contributed by atoms with Crippen LogP contribution in [0.4, 0.5) is 5.69 Å². The molecule has 148 valence electrons. The predicted octanol–water partition coefficient (Wildman–Crippen LogP) is 2.05. The van der Waals surface area contributed by atoms with Crippen LogP contribution in [0.25, 0.3) is 0 Å². The summed E-state index contributed by atoms with van der Waals surface area (Å²) in [5.41, 5.74) is 3.37. The molecule has 2 heterocycles. The number of hydrogen-bond donors (Lipinski definition) is 2. The molecule has 1 aliphatic heterocycles. The van der Waals surface area contributed by atoms with Gasteiger partial charge in [-0.25, -0.2) is 0 Å². The zero-order valence-electron chi connectivity index (χ0n) is 16.5. The Balaban J connectivity index is 1.34. The SMILES string of the molecule is Cc1ccc(NC(=O)CN(C)C(=O)C[NH+]2CCc3sccc3[C@H]2C2CC2)cc1. The van der Waals surface area contributed by atoms with Gasteiger partial charge in [0.25, 0.3) is 5.91 Å². The number of quaternary nitrogens is 1. The molecule has 0 bridgehead atoms. The number of rotatable bonds is 6. The molecule has 2 aliphatic rings. The molecule has 1 fully saturated rings. The molecule has 2 N–H and O–H groups in total. The van der Waals surface area contributed by atoms with Crippen molar-refractivity contribution in [1.29, 1.82) is 0 Å². The van der Waals surface area contributed by atoms with Crippen molar-refractivity contribution >= 4 is 28.8 Å². The third-order valence-electron chi connectivity index (χ3n) is 5.84. The Labute approximate surface area is 170 Å². The third-order valence-corrected chi connectivity index (χ3v) is 6.84. The van der Waals surface area contributed by atoms with Crippen LogP contribution in [0.15, 0.2) is 35.7 Å². The second-order valence-corrected chi connectivity index (χ2v) is 9.11. The molecular formula is C22H28N3O2S+. The van der Waals surface area contributed by atoms with Gasteiger partial charge in [0.1, 0.15) is 6.04 Å². The molecular weight excluding hydrogens is 370 g/mol. The van der Waals surface area contributed by atoms with Gasteiger partial charge in [-0.1, -0.05) is 17.7 Å². The lowest BCUT2D eigenvalue weighted by molar-refractivity contribution is -0.929. The summed E-state index contributed by atoms with van der Waals surface area (Å²) in [6.07, 6.45) is 3.59. The number of aryl methyl sites for hydroxylation is 1. The molecule has 1 unspecified atom stereocenters. The molecule has 28 heavy (non-hydrogen) atoms. The number of nitrogens with one attached hydrogen (secondary N) is 2. The number of thiophene rings is 1. The maximum absolute atomic E-state index is 12.8. The quantitative estimate of drug-likeness (QED) is 0.783. The van der Waals surface area contributed by atoms with Gasteiger partial charge in [0, 0.05) is 35.5 Å². The van der Waals surface area contributed by atoms with Crippen molar-refractivity contribution in [2.75, 3.05) is 32.0 Å². The van der Waals surface area contributed by atoms with Gasteiger partial charge in [0.2, 0.25) is 5.91 Å².